The molecule has 0 aliphatic carbocycles. The Hall–Kier alpha value is -2.50. The first-order valence-corrected chi connectivity index (χ1v) is 12.6. The van der Waals surface area contributed by atoms with Crippen LogP contribution < -0.4 is 10.6 Å². The summed E-state index contributed by atoms with van der Waals surface area (Å²) in [7, 11) is 2.08. The van der Waals surface area contributed by atoms with Crippen LogP contribution >= 0.6 is 22.7 Å². The minimum atomic E-state index is 0.117. The van der Waals surface area contributed by atoms with E-state index in [0.29, 0.717) is 19.5 Å². The Morgan fingerprint density at radius 2 is 1.69 bits per heavy atom. The van der Waals surface area contributed by atoms with E-state index in [1.54, 1.807) is 22.7 Å². The molecule has 2 aliphatic rings. The fourth-order valence-electron chi connectivity index (χ4n) is 4.06. The average Bonchev–Trinajstić information content (AvgIpc) is 3.48. The van der Waals surface area contributed by atoms with Crippen LogP contribution in [0, 0.1) is 0 Å². The van der Waals surface area contributed by atoms with Crippen LogP contribution in [-0.2, 0) is 9.59 Å². The summed E-state index contributed by atoms with van der Waals surface area (Å²) >= 11 is 3.17. The highest BCUT2D eigenvalue weighted by atomic mass is 32.1. The molecule has 2 amide bonds. The van der Waals surface area contributed by atoms with Crippen LogP contribution in [0.5, 0.6) is 0 Å². The maximum Gasteiger partial charge on any atom is 0.242 e. The van der Waals surface area contributed by atoms with E-state index < -0.39 is 0 Å². The summed E-state index contributed by atoms with van der Waals surface area (Å²) in [6.07, 6.45) is 1.64. The van der Waals surface area contributed by atoms with Gasteiger partial charge in [-0.25, -0.2) is 9.97 Å². The lowest BCUT2D eigenvalue weighted by Crippen LogP contribution is -2.48. The van der Waals surface area contributed by atoms with Crippen molar-refractivity contribution in [2.75, 3.05) is 70.0 Å². The van der Waals surface area contributed by atoms with Gasteiger partial charge in [-0.2, -0.15) is 0 Å². The quantitative estimate of drug-likeness (QED) is 0.543. The maximum absolute atomic E-state index is 12.5. The molecule has 2 fully saturated rings. The zero-order chi connectivity index (χ0) is 22.1. The summed E-state index contributed by atoms with van der Waals surface area (Å²) in [4.78, 5) is 39.6. The Balaban J connectivity index is 1.19. The lowest BCUT2D eigenvalue weighted by molar-refractivity contribution is -0.131. The molecule has 3 aromatic rings. The molecule has 2 N–H and O–H groups in total. The van der Waals surface area contributed by atoms with Gasteiger partial charge in [0.25, 0.3) is 0 Å². The van der Waals surface area contributed by atoms with Crippen molar-refractivity contribution >= 4 is 65.2 Å². The summed E-state index contributed by atoms with van der Waals surface area (Å²) in [5, 5.41) is 8.16. The predicted molar refractivity (Wildman–Crippen MR) is 130 cm³/mol. The number of fused-ring (bicyclic) bond motifs is 2. The first kappa shape index (κ1) is 21.4. The smallest absolute Gasteiger partial charge is 0.242 e. The van der Waals surface area contributed by atoms with Crippen LogP contribution in [-0.4, -0.2) is 95.9 Å². The second-order valence-corrected chi connectivity index (χ2v) is 10.3. The molecule has 0 spiro atoms. The Bertz CT molecular complexity index is 1090. The SMILES string of the molecule is CN1CCN(C(=O)CNc2nc3cc4nc(NCCN5CCCC5=O)sc4cc3s2)CC1. The zero-order valence-corrected chi connectivity index (χ0v) is 19.7. The number of likely N-dealkylation sites (tertiary alicyclic amines) is 1. The number of hydrogen-bond acceptors (Lipinski definition) is 9. The van der Waals surface area contributed by atoms with E-state index in [4.69, 9.17) is 0 Å². The monoisotopic (exact) mass is 473 g/mol. The number of nitrogens with one attached hydrogen (secondary N) is 2. The molecule has 2 saturated heterocycles. The summed E-state index contributed by atoms with van der Waals surface area (Å²) in [6, 6.07) is 4.11. The van der Waals surface area contributed by atoms with Crippen molar-refractivity contribution in [2.45, 2.75) is 12.8 Å². The molecular formula is C21H27N7O2S2. The summed E-state index contributed by atoms with van der Waals surface area (Å²) < 4.78 is 2.17. The number of aromatic nitrogens is 2. The van der Waals surface area contributed by atoms with Crippen molar-refractivity contribution in [1.29, 1.82) is 0 Å². The molecular weight excluding hydrogens is 446 g/mol. The minimum Gasteiger partial charge on any atom is -0.360 e. The van der Waals surface area contributed by atoms with Gasteiger partial charge in [-0.05, 0) is 25.6 Å². The largest absolute Gasteiger partial charge is 0.360 e. The Morgan fingerprint density at radius 3 is 2.34 bits per heavy atom. The highest BCUT2D eigenvalue weighted by Gasteiger charge is 2.20. The first-order valence-electron chi connectivity index (χ1n) is 11.0. The van der Waals surface area contributed by atoms with Crippen LogP contribution in [0.3, 0.4) is 0 Å². The molecule has 0 atom stereocenters. The van der Waals surface area contributed by atoms with Gasteiger partial charge in [-0.3, -0.25) is 9.59 Å². The Labute approximate surface area is 194 Å². The minimum absolute atomic E-state index is 0.117. The fraction of sp³-hybridized carbons (Fsp3) is 0.524. The molecule has 1 aromatic carbocycles. The Morgan fingerprint density at radius 1 is 1.00 bits per heavy atom. The fourth-order valence-corrected chi connectivity index (χ4v) is 5.93. The van der Waals surface area contributed by atoms with E-state index in [-0.39, 0.29) is 18.4 Å². The van der Waals surface area contributed by atoms with E-state index in [0.717, 1.165) is 69.8 Å². The third-order valence-electron chi connectivity index (χ3n) is 5.97. The van der Waals surface area contributed by atoms with Crippen LogP contribution in [0.4, 0.5) is 10.3 Å². The third kappa shape index (κ3) is 4.64. The van der Waals surface area contributed by atoms with E-state index in [9.17, 15) is 9.59 Å². The molecule has 9 nitrogen and oxygen atoms in total. The standard InChI is InChI=1S/C21H27N7O2S2/c1-26-7-9-28(10-8-26)19(30)13-23-21-25-15-11-14-16(12-17(15)32-21)31-20(24-14)22-4-6-27-5-2-3-18(27)29/h11-12H,2-10,13H2,1H3,(H,22,24)(H,23,25). The number of piperazine rings is 1. The Kier molecular flexibility index (Phi) is 6.11. The molecule has 0 bridgehead atoms. The van der Waals surface area contributed by atoms with Gasteiger partial charge >= 0.3 is 0 Å². The lowest BCUT2D eigenvalue weighted by atomic mass is 10.3. The van der Waals surface area contributed by atoms with Crippen molar-refractivity contribution in [2.24, 2.45) is 0 Å². The van der Waals surface area contributed by atoms with Gasteiger partial charge in [-0.15, -0.1) is 0 Å². The molecule has 11 heteroatoms. The highest BCUT2D eigenvalue weighted by Crippen LogP contribution is 2.34. The molecule has 0 saturated carbocycles. The number of carbonyl (C=O) groups is 2. The van der Waals surface area contributed by atoms with Crippen molar-refractivity contribution in [3.63, 3.8) is 0 Å². The summed E-state index contributed by atoms with van der Waals surface area (Å²) in [5.41, 5.74) is 1.80. The number of thiazole rings is 2. The lowest BCUT2D eigenvalue weighted by Gasteiger charge is -2.32. The number of hydrogen-bond donors (Lipinski definition) is 2. The molecule has 2 aliphatic heterocycles. The van der Waals surface area contributed by atoms with Crippen molar-refractivity contribution in [1.82, 2.24) is 24.7 Å². The normalized spacial score (nSPS) is 17.6. The van der Waals surface area contributed by atoms with Gasteiger partial charge in [0, 0.05) is 52.2 Å². The maximum atomic E-state index is 12.5. The number of anilines is 2. The second-order valence-electron chi connectivity index (χ2n) is 8.27. The van der Waals surface area contributed by atoms with E-state index in [1.165, 1.54) is 0 Å². The number of likely N-dealkylation sites (N-methyl/N-ethyl adjacent to an activating group) is 1. The number of benzene rings is 1. The molecule has 0 unspecified atom stereocenters. The van der Waals surface area contributed by atoms with Gasteiger partial charge in [-0.1, -0.05) is 22.7 Å². The zero-order valence-electron chi connectivity index (χ0n) is 18.1. The molecule has 5 rings (SSSR count). The molecule has 4 heterocycles. The summed E-state index contributed by atoms with van der Waals surface area (Å²) in [5.74, 6) is 0.364. The third-order valence-corrected chi connectivity index (χ3v) is 7.93. The summed E-state index contributed by atoms with van der Waals surface area (Å²) in [6.45, 7) is 5.95. The number of carbonyl (C=O) groups excluding carboxylic acids is 2. The number of rotatable bonds is 7. The van der Waals surface area contributed by atoms with Crippen LogP contribution in [0.1, 0.15) is 12.8 Å². The van der Waals surface area contributed by atoms with Crippen LogP contribution in [0.15, 0.2) is 12.1 Å². The van der Waals surface area contributed by atoms with Crippen LogP contribution in [0.2, 0.25) is 0 Å². The highest BCUT2D eigenvalue weighted by molar-refractivity contribution is 7.24. The number of amides is 2. The van der Waals surface area contributed by atoms with Crippen molar-refractivity contribution in [3.8, 4) is 0 Å². The van der Waals surface area contributed by atoms with Crippen molar-refractivity contribution < 1.29 is 9.59 Å². The van der Waals surface area contributed by atoms with Gasteiger partial charge < -0.3 is 25.3 Å². The molecule has 32 heavy (non-hydrogen) atoms. The number of nitrogens with zero attached hydrogens (tertiary/aromatic N) is 5. The van der Waals surface area contributed by atoms with E-state index >= 15 is 0 Å². The molecule has 0 radical (unpaired) electrons. The van der Waals surface area contributed by atoms with Gasteiger partial charge in [0.1, 0.15) is 0 Å². The van der Waals surface area contributed by atoms with Crippen molar-refractivity contribution in [3.05, 3.63) is 12.1 Å². The van der Waals surface area contributed by atoms with Crippen LogP contribution in [0.25, 0.3) is 20.4 Å². The topological polar surface area (TPSA) is 93.7 Å². The van der Waals surface area contributed by atoms with Gasteiger partial charge in [0.15, 0.2) is 10.3 Å². The average molecular weight is 474 g/mol. The molecule has 170 valence electrons. The van der Waals surface area contributed by atoms with E-state index in [2.05, 4.69) is 38.6 Å². The molecule has 2 aromatic heterocycles. The second kappa shape index (κ2) is 9.16. The van der Waals surface area contributed by atoms with Gasteiger partial charge in [0.2, 0.25) is 11.8 Å². The predicted octanol–water partition coefficient (Wildman–Crippen LogP) is 2.13. The van der Waals surface area contributed by atoms with Gasteiger partial charge in [0.05, 0.1) is 27.0 Å². The first-order chi connectivity index (χ1) is 15.5. The van der Waals surface area contributed by atoms with E-state index in [1.807, 2.05) is 15.9 Å².